The van der Waals surface area contributed by atoms with Gasteiger partial charge in [-0.25, -0.2) is 4.99 Å². The van der Waals surface area contributed by atoms with Crippen molar-refractivity contribution in [3.8, 4) is 0 Å². The maximum atomic E-state index is 11.7. The average molecular weight is 249 g/mol. The lowest BCUT2D eigenvalue weighted by Crippen LogP contribution is -2.41. The van der Waals surface area contributed by atoms with E-state index in [0.29, 0.717) is 16.4 Å². The standard InChI is InChI=1S/C11H11N3O2S/c1-6(15)14-8-5-3-2-4-7(8)11(16)9(14)17-10(12)13-11/h2-5,9,16H,1H3,(H2,12,13)/t9-,11+/m0/s1. The van der Waals surface area contributed by atoms with Gasteiger partial charge in [0.2, 0.25) is 11.6 Å². The molecule has 0 spiro atoms. The molecule has 0 radical (unpaired) electrons. The summed E-state index contributed by atoms with van der Waals surface area (Å²) in [5, 5.41) is 10.4. The largest absolute Gasteiger partial charge is 0.378 e. The number of aliphatic imine (C=N–C) groups is 1. The first-order valence-electron chi connectivity index (χ1n) is 5.17. The third kappa shape index (κ3) is 1.25. The number of hydrogen-bond donors (Lipinski definition) is 2. The molecule has 17 heavy (non-hydrogen) atoms. The Balaban J connectivity index is 2.24. The van der Waals surface area contributed by atoms with Crippen molar-refractivity contribution < 1.29 is 9.90 Å². The van der Waals surface area contributed by atoms with Crippen molar-refractivity contribution in [2.45, 2.75) is 18.0 Å². The molecule has 3 N–H and O–H groups in total. The van der Waals surface area contributed by atoms with E-state index in [1.165, 1.54) is 18.7 Å². The van der Waals surface area contributed by atoms with Crippen molar-refractivity contribution in [1.29, 1.82) is 0 Å². The number of benzene rings is 1. The van der Waals surface area contributed by atoms with Gasteiger partial charge in [0.15, 0.2) is 5.17 Å². The van der Waals surface area contributed by atoms with Crippen LogP contribution in [0.2, 0.25) is 0 Å². The summed E-state index contributed by atoms with van der Waals surface area (Å²) in [6.45, 7) is 1.47. The Hall–Kier alpha value is -1.53. The molecular weight excluding hydrogens is 238 g/mol. The lowest BCUT2D eigenvalue weighted by Gasteiger charge is -2.24. The fourth-order valence-electron chi connectivity index (χ4n) is 2.33. The number of nitrogens with zero attached hydrogens (tertiary/aromatic N) is 2. The molecule has 2 heterocycles. The van der Waals surface area contributed by atoms with Gasteiger partial charge in [0.25, 0.3) is 0 Å². The number of amidine groups is 1. The number of amides is 1. The summed E-state index contributed by atoms with van der Waals surface area (Å²) >= 11 is 1.21. The first-order valence-corrected chi connectivity index (χ1v) is 6.05. The quantitative estimate of drug-likeness (QED) is 0.705. The molecule has 0 saturated carbocycles. The van der Waals surface area contributed by atoms with E-state index < -0.39 is 11.1 Å². The monoisotopic (exact) mass is 249 g/mol. The van der Waals surface area contributed by atoms with Crippen molar-refractivity contribution in [2.24, 2.45) is 10.7 Å². The van der Waals surface area contributed by atoms with Crippen molar-refractivity contribution in [2.75, 3.05) is 4.90 Å². The normalized spacial score (nSPS) is 29.9. The highest BCUT2D eigenvalue weighted by atomic mass is 32.2. The molecule has 0 unspecified atom stereocenters. The molecule has 0 aliphatic carbocycles. The van der Waals surface area contributed by atoms with Gasteiger partial charge < -0.3 is 10.8 Å². The Morgan fingerprint density at radius 1 is 1.59 bits per heavy atom. The number of nitrogens with two attached hydrogens (primary N) is 1. The number of hydrogen-bond acceptors (Lipinski definition) is 5. The zero-order valence-electron chi connectivity index (χ0n) is 9.12. The molecule has 1 amide bonds. The molecule has 6 heteroatoms. The maximum absolute atomic E-state index is 11.7. The van der Waals surface area contributed by atoms with Gasteiger partial charge in [0.05, 0.1) is 5.69 Å². The van der Waals surface area contributed by atoms with Crippen molar-refractivity contribution >= 4 is 28.5 Å². The fraction of sp³-hybridized carbons (Fsp3) is 0.273. The summed E-state index contributed by atoms with van der Waals surface area (Å²) in [5.41, 5.74) is 5.58. The number of fused-ring (bicyclic) bond motifs is 3. The molecule has 0 bridgehead atoms. The Morgan fingerprint density at radius 3 is 3.00 bits per heavy atom. The Bertz CT molecular complexity index is 545. The molecule has 2 atom stereocenters. The number of carbonyl (C=O) groups excluding carboxylic acids is 1. The summed E-state index contributed by atoms with van der Waals surface area (Å²) in [5.74, 6) is -0.129. The van der Waals surface area contributed by atoms with Crippen LogP contribution in [0.3, 0.4) is 0 Å². The number of anilines is 1. The highest BCUT2D eigenvalue weighted by Crippen LogP contribution is 2.52. The summed E-state index contributed by atoms with van der Waals surface area (Å²) in [6, 6.07) is 7.22. The lowest BCUT2D eigenvalue weighted by molar-refractivity contribution is -0.117. The molecular formula is C11H11N3O2S. The van der Waals surface area contributed by atoms with Gasteiger partial charge in [-0.05, 0) is 6.07 Å². The molecule has 3 rings (SSSR count). The van der Waals surface area contributed by atoms with Crippen LogP contribution in [0.5, 0.6) is 0 Å². The van der Waals surface area contributed by atoms with E-state index in [-0.39, 0.29) is 5.91 Å². The second kappa shape index (κ2) is 3.24. The van der Waals surface area contributed by atoms with Crippen LogP contribution in [0.1, 0.15) is 12.5 Å². The number of aliphatic hydroxyl groups is 1. The lowest BCUT2D eigenvalue weighted by atomic mass is 10.1. The van der Waals surface area contributed by atoms with Crippen molar-refractivity contribution in [1.82, 2.24) is 0 Å². The Morgan fingerprint density at radius 2 is 2.29 bits per heavy atom. The number of thioether (sulfide) groups is 1. The summed E-state index contributed by atoms with van der Waals surface area (Å²) in [7, 11) is 0. The van der Waals surface area contributed by atoms with Gasteiger partial charge in [-0.3, -0.25) is 9.69 Å². The predicted octanol–water partition coefficient (Wildman–Crippen LogP) is 0.586. The van der Waals surface area contributed by atoms with E-state index in [1.54, 1.807) is 17.0 Å². The maximum Gasteiger partial charge on any atom is 0.225 e. The van der Waals surface area contributed by atoms with Crippen LogP contribution < -0.4 is 10.6 Å². The Labute approximate surface area is 102 Å². The van der Waals surface area contributed by atoms with Crippen LogP contribution in [0.4, 0.5) is 5.69 Å². The molecule has 5 nitrogen and oxygen atoms in total. The number of rotatable bonds is 0. The molecule has 1 aromatic carbocycles. The van der Waals surface area contributed by atoms with Crippen LogP contribution in [0, 0.1) is 0 Å². The van der Waals surface area contributed by atoms with Crippen LogP contribution in [-0.4, -0.2) is 21.6 Å². The summed E-state index contributed by atoms with van der Waals surface area (Å²) in [4.78, 5) is 17.3. The van der Waals surface area contributed by atoms with Crippen LogP contribution >= 0.6 is 11.8 Å². The topological polar surface area (TPSA) is 78.9 Å². The van der Waals surface area contributed by atoms with Gasteiger partial charge in [-0.2, -0.15) is 0 Å². The number of carbonyl (C=O) groups is 1. The first-order chi connectivity index (χ1) is 8.04. The molecule has 2 aliphatic rings. The smallest absolute Gasteiger partial charge is 0.225 e. The second-order valence-electron chi connectivity index (χ2n) is 4.05. The van der Waals surface area contributed by atoms with E-state index in [9.17, 15) is 9.90 Å². The van der Waals surface area contributed by atoms with E-state index in [2.05, 4.69) is 4.99 Å². The average Bonchev–Trinajstić information content (AvgIpc) is 2.66. The highest BCUT2D eigenvalue weighted by molar-refractivity contribution is 8.14. The fourth-order valence-corrected chi connectivity index (χ4v) is 3.46. The zero-order chi connectivity index (χ0) is 12.2. The van der Waals surface area contributed by atoms with E-state index >= 15 is 0 Å². The Kier molecular flexibility index (Phi) is 2.02. The minimum Gasteiger partial charge on any atom is -0.378 e. The molecule has 88 valence electrons. The highest BCUT2D eigenvalue weighted by Gasteiger charge is 2.55. The van der Waals surface area contributed by atoms with Gasteiger partial charge >= 0.3 is 0 Å². The van der Waals surface area contributed by atoms with Crippen LogP contribution in [0.15, 0.2) is 29.3 Å². The molecule has 1 aromatic rings. The number of para-hydroxylation sites is 1. The van der Waals surface area contributed by atoms with Crippen LogP contribution in [0.25, 0.3) is 0 Å². The van der Waals surface area contributed by atoms with Gasteiger partial charge in [-0.15, -0.1) is 0 Å². The van der Waals surface area contributed by atoms with E-state index in [1.807, 2.05) is 12.1 Å². The molecule has 0 fully saturated rings. The van der Waals surface area contributed by atoms with Gasteiger partial charge in [0, 0.05) is 12.5 Å². The van der Waals surface area contributed by atoms with E-state index in [4.69, 9.17) is 5.73 Å². The minimum absolute atomic E-state index is 0.129. The molecule has 0 aromatic heterocycles. The third-order valence-electron chi connectivity index (χ3n) is 2.99. The zero-order valence-corrected chi connectivity index (χ0v) is 9.94. The minimum atomic E-state index is -1.41. The van der Waals surface area contributed by atoms with E-state index in [0.717, 1.165) is 0 Å². The van der Waals surface area contributed by atoms with Crippen LogP contribution in [-0.2, 0) is 10.5 Å². The second-order valence-corrected chi connectivity index (χ2v) is 5.15. The summed E-state index contributed by atoms with van der Waals surface area (Å²) < 4.78 is 0. The first kappa shape index (κ1) is 10.6. The van der Waals surface area contributed by atoms with Crippen molar-refractivity contribution in [3.05, 3.63) is 29.8 Å². The SMILES string of the molecule is CC(=O)N1c2ccccc2[C@]2(O)N=C(N)S[C@H]12. The predicted molar refractivity (Wildman–Crippen MR) is 66.5 cm³/mol. The van der Waals surface area contributed by atoms with Gasteiger partial charge in [-0.1, -0.05) is 30.0 Å². The molecule has 2 aliphatic heterocycles. The third-order valence-corrected chi connectivity index (χ3v) is 4.09. The van der Waals surface area contributed by atoms with Gasteiger partial charge in [0.1, 0.15) is 5.37 Å². The molecule has 0 saturated heterocycles. The summed E-state index contributed by atoms with van der Waals surface area (Å²) in [6.07, 6.45) is 0. The van der Waals surface area contributed by atoms with Crippen molar-refractivity contribution in [3.63, 3.8) is 0 Å².